The predicted octanol–water partition coefficient (Wildman–Crippen LogP) is 5.48. The van der Waals surface area contributed by atoms with Crippen molar-refractivity contribution in [1.82, 2.24) is 9.97 Å². The quantitative estimate of drug-likeness (QED) is 0.373. The minimum atomic E-state index is 0. The summed E-state index contributed by atoms with van der Waals surface area (Å²) in [5, 5.41) is 0. The minimum absolute atomic E-state index is 0. The molecule has 0 aliphatic carbocycles. The van der Waals surface area contributed by atoms with Crippen LogP contribution in [0.5, 0.6) is 0 Å². The molecule has 0 unspecified atom stereocenters. The van der Waals surface area contributed by atoms with Crippen LogP contribution in [0.2, 0.25) is 0 Å². The second kappa shape index (κ2) is 7.98. The Kier molecular flexibility index (Phi) is 5.49. The van der Waals surface area contributed by atoms with Crippen molar-refractivity contribution in [3.63, 3.8) is 0 Å². The summed E-state index contributed by atoms with van der Waals surface area (Å²) in [5.41, 5.74) is 6.28. The summed E-state index contributed by atoms with van der Waals surface area (Å²) < 4.78 is 0. The summed E-state index contributed by atoms with van der Waals surface area (Å²) in [6.07, 6.45) is 1.65. The Balaban J connectivity index is 0.00000182. The van der Waals surface area contributed by atoms with E-state index in [9.17, 15) is 0 Å². The Bertz CT molecular complexity index is 882. The molecule has 0 saturated carbocycles. The van der Waals surface area contributed by atoms with Crippen molar-refractivity contribution >= 4 is 0 Å². The zero-order chi connectivity index (χ0) is 16.2. The molecule has 3 heteroatoms. The third kappa shape index (κ3) is 3.58. The monoisotopic (exact) mass is 501 g/mol. The molecule has 0 atom stereocenters. The van der Waals surface area contributed by atoms with E-state index in [0.717, 1.165) is 33.6 Å². The molecule has 123 valence electrons. The molecule has 0 aliphatic heterocycles. The topological polar surface area (TPSA) is 25.8 Å². The second-order valence-corrected chi connectivity index (χ2v) is 5.54. The Labute approximate surface area is 161 Å². The Morgan fingerprint density at radius 2 is 0.800 bits per heavy atom. The van der Waals surface area contributed by atoms with Gasteiger partial charge in [-0.2, -0.15) is 0 Å². The van der Waals surface area contributed by atoms with Gasteiger partial charge in [0.2, 0.25) is 0 Å². The van der Waals surface area contributed by atoms with Crippen LogP contribution < -0.4 is 0 Å². The van der Waals surface area contributed by atoms with Crippen molar-refractivity contribution in [3.05, 3.63) is 97.3 Å². The maximum atomic E-state index is 4.60. The summed E-state index contributed by atoms with van der Waals surface area (Å²) in [6.45, 7) is 0. The minimum Gasteiger partial charge on any atom is -0.236 e. The molecule has 4 aromatic rings. The first kappa shape index (κ1) is 17.2. The van der Waals surface area contributed by atoms with E-state index in [0.29, 0.717) is 0 Å². The van der Waals surface area contributed by atoms with Gasteiger partial charge in [0.15, 0.2) is 0 Å². The van der Waals surface area contributed by atoms with Gasteiger partial charge in [-0.05, 0) is 5.56 Å². The molecule has 1 aromatic heterocycles. The number of aromatic nitrogens is 2. The molecule has 25 heavy (non-hydrogen) atoms. The van der Waals surface area contributed by atoms with E-state index >= 15 is 0 Å². The van der Waals surface area contributed by atoms with Crippen molar-refractivity contribution in [2.45, 2.75) is 0 Å². The summed E-state index contributed by atoms with van der Waals surface area (Å²) in [5.74, 6) is 0. The summed E-state index contributed by atoms with van der Waals surface area (Å²) in [7, 11) is 0. The number of nitrogens with zero attached hydrogens (tertiary/aromatic N) is 2. The average molecular weight is 501 g/mol. The average Bonchev–Trinajstić information content (AvgIpc) is 2.69. The second-order valence-electron chi connectivity index (χ2n) is 5.54. The first-order valence-electron chi connectivity index (χ1n) is 7.95. The molecular formula is C22H16IrN2. The van der Waals surface area contributed by atoms with E-state index < -0.39 is 0 Å². The first-order chi connectivity index (χ1) is 11.9. The van der Waals surface area contributed by atoms with Gasteiger partial charge in [0.25, 0.3) is 0 Å². The van der Waals surface area contributed by atoms with E-state index in [2.05, 4.69) is 46.4 Å². The van der Waals surface area contributed by atoms with E-state index in [1.165, 1.54) is 0 Å². The number of rotatable bonds is 3. The van der Waals surface area contributed by atoms with Gasteiger partial charge >= 0.3 is 0 Å². The molecule has 0 bridgehead atoms. The third-order valence-corrected chi connectivity index (χ3v) is 4.00. The third-order valence-electron chi connectivity index (χ3n) is 4.00. The van der Waals surface area contributed by atoms with Crippen LogP contribution >= 0.6 is 0 Å². The van der Waals surface area contributed by atoms with Crippen LogP contribution in [0, 0.1) is 0 Å². The van der Waals surface area contributed by atoms with Gasteiger partial charge in [0.1, 0.15) is 6.33 Å². The molecule has 0 amide bonds. The van der Waals surface area contributed by atoms with Gasteiger partial charge in [-0.1, -0.05) is 91.0 Å². The maximum Gasteiger partial charge on any atom is 0.116 e. The summed E-state index contributed by atoms with van der Waals surface area (Å²) >= 11 is 0. The Hall–Kier alpha value is -2.61. The maximum absolute atomic E-state index is 4.60. The van der Waals surface area contributed by atoms with Gasteiger partial charge in [-0.25, -0.2) is 9.97 Å². The van der Waals surface area contributed by atoms with Crippen LogP contribution in [0.1, 0.15) is 0 Å². The van der Waals surface area contributed by atoms with Crippen molar-refractivity contribution < 1.29 is 20.1 Å². The molecule has 1 heterocycles. The molecule has 3 aromatic carbocycles. The molecule has 0 saturated heterocycles. The Morgan fingerprint density at radius 1 is 0.440 bits per heavy atom. The molecule has 1 radical (unpaired) electrons. The summed E-state index contributed by atoms with van der Waals surface area (Å²) in [4.78, 5) is 9.20. The summed E-state index contributed by atoms with van der Waals surface area (Å²) in [6, 6.07) is 30.9. The van der Waals surface area contributed by atoms with Crippen LogP contribution in [0.4, 0.5) is 0 Å². The standard InChI is InChI=1S/C22H16N2.Ir/c1-4-10-17(11-5-1)20-21(18-12-6-2-7-13-18)23-16-24-22(20)19-14-8-3-9-15-19;/h1-16H;. The van der Waals surface area contributed by atoms with Gasteiger partial charge in [-0.3, -0.25) is 0 Å². The van der Waals surface area contributed by atoms with Crippen LogP contribution in [-0.2, 0) is 20.1 Å². The number of hydrogen-bond donors (Lipinski definition) is 0. The van der Waals surface area contributed by atoms with Gasteiger partial charge in [-0.15, -0.1) is 0 Å². The van der Waals surface area contributed by atoms with E-state index in [-0.39, 0.29) is 20.1 Å². The van der Waals surface area contributed by atoms with E-state index in [4.69, 9.17) is 0 Å². The normalized spacial score (nSPS) is 10.1. The van der Waals surface area contributed by atoms with E-state index in [1.54, 1.807) is 6.33 Å². The van der Waals surface area contributed by atoms with Crippen LogP contribution in [0.25, 0.3) is 33.6 Å². The molecule has 2 nitrogen and oxygen atoms in total. The van der Waals surface area contributed by atoms with Crippen LogP contribution in [0.15, 0.2) is 97.3 Å². The fraction of sp³-hybridized carbons (Fsp3) is 0. The fourth-order valence-electron chi connectivity index (χ4n) is 2.89. The van der Waals surface area contributed by atoms with Crippen molar-refractivity contribution in [2.24, 2.45) is 0 Å². The molecular weight excluding hydrogens is 484 g/mol. The zero-order valence-electron chi connectivity index (χ0n) is 13.5. The van der Waals surface area contributed by atoms with Crippen molar-refractivity contribution in [1.29, 1.82) is 0 Å². The first-order valence-corrected chi connectivity index (χ1v) is 7.95. The largest absolute Gasteiger partial charge is 0.236 e. The predicted molar refractivity (Wildman–Crippen MR) is 98.3 cm³/mol. The van der Waals surface area contributed by atoms with Crippen LogP contribution in [0.3, 0.4) is 0 Å². The SMILES string of the molecule is [Ir].c1ccc(-c2ncnc(-c3ccccc3)c2-c2ccccc2)cc1. The smallest absolute Gasteiger partial charge is 0.116 e. The van der Waals surface area contributed by atoms with E-state index in [1.807, 2.05) is 54.6 Å². The van der Waals surface area contributed by atoms with Crippen molar-refractivity contribution in [2.75, 3.05) is 0 Å². The molecule has 4 rings (SSSR count). The molecule has 0 aliphatic rings. The zero-order valence-corrected chi connectivity index (χ0v) is 15.9. The Morgan fingerprint density at radius 3 is 1.20 bits per heavy atom. The van der Waals surface area contributed by atoms with Crippen LogP contribution in [-0.4, -0.2) is 9.97 Å². The van der Waals surface area contributed by atoms with Gasteiger partial charge in [0, 0.05) is 36.8 Å². The van der Waals surface area contributed by atoms with Gasteiger partial charge < -0.3 is 0 Å². The molecule has 0 N–H and O–H groups in total. The van der Waals surface area contributed by atoms with Crippen molar-refractivity contribution in [3.8, 4) is 33.6 Å². The molecule has 0 fully saturated rings. The number of benzene rings is 3. The molecule has 0 spiro atoms. The number of hydrogen-bond acceptors (Lipinski definition) is 2. The van der Waals surface area contributed by atoms with Gasteiger partial charge in [0.05, 0.1) is 11.4 Å². The fourth-order valence-corrected chi connectivity index (χ4v) is 2.89.